The van der Waals surface area contributed by atoms with Crippen molar-refractivity contribution < 1.29 is 17.9 Å². The second-order valence-electron chi connectivity index (χ2n) is 7.57. The lowest BCUT2D eigenvalue weighted by Gasteiger charge is -2.21. The Bertz CT molecular complexity index is 1000. The Balaban J connectivity index is 0.00000341. The number of aliphatic hydroxyl groups is 1. The number of benzene rings is 1. The minimum absolute atomic E-state index is 0. The molecule has 0 amide bonds. The van der Waals surface area contributed by atoms with Gasteiger partial charge in [0.15, 0.2) is 5.96 Å². The molecule has 172 valence electrons. The predicted octanol–water partition coefficient (Wildman–Crippen LogP) is 2.36. The monoisotopic (exact) mass is 562 g/mol. The second kappa shape index (κ2) is 10.7. The highest BCUT2D eigenvalue weighted by Crippen LogP contribution is 2.29. The lowest BCUT2D eigenvalue weighted by molar-refractivity contribution is 0.0428. The number of hydrogen-bond donors (Lipinski definition) is 3. The highest BCUT2D eigenvalue weighted by molar-refractivity contribution is 14.0. The molecule has 0 fully saturated rings. The molecule has 8 nitrogen and oxygen atoms in total. The standard InChI is InChI=1S/C21H30N4O4S.HI/c1-4-22-20(24-15-21(3,26)19-10-9-16(2)29-19)23-12-14-30(27,28)25-13-11-17-7-5-6-8-18(17)25;/h5-10,26H,4,11-15H2,1-3H3,(H2,22,23,24);1H. The maximum Gasteiger partial charge on any atom is 0.236 e. The maximum atomic E-state index is 12.8. The summed E-state index contributed by atoms with van der Waals surface area (Å²) < 4.78 is 32.6. The first-order valence-corrected chi connectivity index (χ1v) is 11.7. The van der Waals surface area contributed by atoms with Crippen LogP contribution in [0.5, 0.6) is 0 Å². The summed E-state index contributed by atoms with van der Waals surface area (Å²) in [6, 6.07) is 11.1. The normalized spacial score (nSPS) is 15.7. The number of sulfonamides is 1. The van der Waals surface area contributed by atoms with E-state index in [0.717, 1.165) is 17.7 Å². The Hall–Kier alpha value is -1.79. The fourth-order valence-electron chi connectivity index (χ4n) is 3.38. The number of aryl methyl sites for hydroxylation is 1. The third-order valence-corrected chi connectivity index (χ3v) is 6.76. The summed E-state index contributed by atoms with van der Waals surface area (Å²) in [5.41, 5.74) is 0.560. The number of hydrogen-bond acceptors (Lipinski definition) is 5. The maximum absolute atomic E-state index is 12.8. The molecule has 3 N–H and O–H groups in total. The summed E-state index contributed by atoms with van der Waals surface area (Å²) in [5, 5.41) is 16.8. The van der Waals surface area contributed by atoms with E-state index >= 15 is 0 Å². The number of para-hydroxylation sites is 1. The lowest BCUT2D eigenvalue weighted by atomic mass is 10.0. The minimum Gasteiger partial charge on any atom is -0.463 e. The molecule has 2 heterocycles. The highest BCUT2D eigenvalue weighted by atomic mass is 127. The first-order valence-electron chi connectivity index (χ1n) is 10.1. The van der Waals surface area contributed by atoms with Gasteiger partial charge in [-0.1, -0.05) is 18.2 Å². The Labute approximate surface area is 201 Å². The van der Waals surface area contributed by atoms with Crippen LogP contribution < -0.4 is 14.9 Å². The molecule has 1 unspecified atom stereocenters. The molecule has 10 heteroatoms. The van der Waals surface area contributed by atoms with Crippen molar-refractivity contribution in [3.8, 4) is 0 Å². The van der Waals surface area contributed by atoms with Gasteiger partial charge < -0.3 is 20.2 Å². The zero-order valence-electron chi connectivity index (χ0n) is 18.1. The van der Waals surface area contributed by atoms with Crippen molar-refractivity contribution >= 4 is 45.6 Å². The third-order valence-electron chi connectivity index (χ3n) is 4.99. The van der Waals surface area contributed by atoms with Crippen molar-refractivity contribution in [1.82, 2.24) is 10.6 Å². The van der Waals surface area contributed by atoms with Crippen LogP contribution in [0, 0.1) is 6.92 Å². The van der Waals surface area contributed by atoms with E-state index in [1.54, 1.807) is 19.1 Å². The number of fused-ring (bicyclic) bond motifs is 1. The van der Waals surface area contributed by atoms with Gasteiger partial charge in [0.1, 0.15) is 17.1 Å². The molecule has 1 atom stereocenters. The van der Waals surface area contributed by atoms with Crippen LogP contribution >= 0.6 is 24.0 Å². The number of halogens is 1. The van der Waals surface area contributed by atoms with Crippen LogP contribution in [-0.2, 0) is 22.0 Å². The quantitative estimate of drug-likeness (QED) is 0.259. The molecule has 2 aromatic rings. The molecule has 0 saturated carbocycles. The van der Waals surface area contributed by atoms with Gasteiger partial charge in [-0.05, 0) is 51.0 Å². The molecule has 1 aliphatic heterocycles. The molecule has 0 saturated heterocycles. The number of guanidine groups is 1. The largest absolute Gasteiger partial charge is 0.463 e. The number of nitrogens with one attached hydrogen (secondary N) is 2. The molecule has 0 radical (unpaired) electrons. The van der Waals surface area contributed by atoms with Gasteiger partial charge >= 0.3 is 0 Å². The van der Waals surface area contributed by atoms with Gasteiger partial charge in [-0.2, -0.15) is 0 Å². The SMILES string of the molecule is CCNC(=NCC(C)(O)c1ccc(C)o1)NCCS(=O)(=O)N1CCc2ccccc21.I. The first-order chi connectivity index (χ1) is 14.2. The van der Waals surface area contributed by atoms with Gasteiger partial charge in [0.05, 0.1) is 18.0 Å². The summed E-state index contributed by atoms with van der Waals surface area (Å²) in [6.45, 7) is 6.72. The average molecular weight is 562 g/mol. The zero-order chi connectivity index (χ0) is 21.8. The van der Waals surface area contributed by atoms with E-state index in [4.69, 9.17) is 4.42 Å². The summed E-state index contributed by atoms with van der Waals surface area (Å²) in [7, 11) is -3.44. The highest BCUT2D eigenvalue weighted by Gasteiger charge is 2.29. The van der Waals surface area contributed by atoms with Crippen LogP contribution in [0.2, 0.25) is 0 Å². The number of aliphatic imine (C=N–C) groups is 1. The van der Waals surface area contributed by atoms with E-state index in [9.17, 15) is 13.5 Å². The van der Waals surface area contributed by atoms with Gasteiger partial charge in [-0.15, -0.1) is 24.0 Å². The first kappa shape index (κ1) is 25.5. The van der Waals surface area contributed by atoms with E-state index in [2.05, 4.69) is 15.6 Å². The second-order valence-corrected chi connectivity index (χ2v) is 9.59. The molecule has 31 heavy (non-hydrogen) atoms. The molecular formula is C21H31IN4O4S. The van der Waals surface area contributed by atoms with E-state index in [1.807, 2.05) is 38.1 Å². The van der Waals surface area contributed by atoms with Crippen molar-refractivity contribution in [2.24, 2.45) is 4.99 Å². The Morgan fingerprint density at radius 2 is 2.00 bits per heavy atom. The van der Waals surface area contributed by atoms with Crippen LogP contribution in [-0.4, -0.2) is 51.4 Å². The number of nitrogens with zero attached hydrogens (tertiary/aromatic N) is 2. The summed E-state index contributed by atoms with van der Waals surface area (Å²) in [4.78, 5) is 4.40. The van der Waals surface area contributed by atoms with Gasteiger partial charge in [0.2, 0.25) is 10.0 Å². The molecule has 1 aromatic heterocycles. The predicted molar refractivity (Wildman–Crippen MR) is 134 cm³/mol. The topological polar surface area (TPSA) is 107 Å². The van der Waals surface area contributed by atoms with Gasteiger partial charge in [0, 0.05) is 19.6 Å². The molecular weight excluding hydrogens is 531 g/mol. The van der Waals surface area contributed by atoms with Crippen molar-refractivity contribution in [1.29, 1.82) is 0 Å². The van der Waals surface area contributed by atoms with Crippen LogP contribution in [0.25, 0.3) is 0 Å². The summed E-state index contributed by atoms with van der Waals surface area (Å²) >= 11 is 0. The molecule has 1 aromatic carbocycles. The third kappa shape index (κ3) is 6.36. The number of anilines is 1. The van der Waals surface area contributed by atoms with E-state index in [0.29, 0.717) is 30.6 Å². The van der Waals surface area contributed by atoms with Gasteiger partial charge in [0.25, 0.3) is 0 Å². The summed E-state index contributed by atoms with van der Waals surface area (Å²) in [5.74, 6) is 1.54. The Morgan fingerprint density at radius 1 is 1.26 bits per heavy atom. The Morgan fingerprint density at radius 3 is 2.68 bits per heavy atom. The zero-order valence-corrected chi connectivity index (χ0v) is 21.2. The molecule has 1 aliphatic rings. The van der Waals surface area contributed by atoms with Crippen molar-refractivity contribution in [2.75, 3.05) is 36.2 Å². The molecule has 3 rings (SSSR count). The fraction of sp³-hybridized carbons (Fsp3) is 0.476. The van der Waals surface area contributed by atoms with Crippen molar-refractivity contribution in [2.45, 2.75) is 32.8 Å². The van der Waals surface area contributed by atoms with Crippen molar-refractivity contribution in [3.63, 3.8) is 0 Å². The summed E-state index contributed by atoms with van der Waals surface area (Å²) in [6.07, 6.45) is 0.730. The van der Waals surface area contributed by atoms with Crippen LogP contribution in [0.4, 0.5) is 5.69 Å². The smallest absolute Gasteiger partial charge is 0.236 e. The van der Waals surface area contributed by atoms with Crippen molar-refractivity contribution in [3.05, 3.63) is 53.5 Å². The lowest BCUT2D eigenvalue weighted by Crippen LogP contribution is -2.42. The molecule has 0 spiro atoms. The van der Waals surface area contributed by atoms with E-state index < -0.39 is 15.6 Å². The Kier molecular flexibility index (Phi) is 8.78. The minimum atomic E-state index is -3.44. The molecule has 0 aliphatic carbocycles. The molecule has 0 bridgehead atoms. The number of furan rings is 1. The fourth-order valence-corrected chi connectivity index (χ4v) is 4.81. The van der Waals surface area contributed by atoms with Crippen LogP contribution in [0.15, 0.2) is 45.8 Å². The van der Waals surface area contributed by atoms with Crippen LogP contribution in [0.3, 0.4) is 0 Å². The number of rotatable bonds is 8. The van der Waals surface area contributed by atoms with Gasteiger partial charge in [-0.3, -0.25) is 4.31 Å². The van der Waals surface area contributed by atoms with E-state index in [1.165, 1.54) is 4.31 Å². The van der Waals surface area contributed by atoms with E-state index in [-0.39, 0.29) is 42.8 Å². The van der Waals surface area contributed by atoms with Crippen LogP contribution in [0.1, 0.15) is 30.9 Å². The average Bonchev–Trinajstić information content (AvgIpc) is 3.33. The van der Waals surface area contributed by atoms with Gasteiger partial charge in [-0.25, -0.2) is 13.4 Å².